The Kier molecular flexibility index (Phi) is 2.97. The van der Waals surface area contributed by atoms with Crippen LogP contribution in [-0.4, -0.2) is 16.5 Å². The van der Waals surface area contributed by atoms with Crippen molar-refractivity contribution in [1.82, 2.24) is 0 Å². The SMILES string of the molecule is C#CC1(O)CCC2C3CCC4=CC(=O)C=CC4C3CCC21C. The minimum atomic E-state index is -0.920. The molecule has 0 aliphatic heterocycles. The lowest BCUT2D eigenvalue weighted by molar-refractivity contribution is -0.110. The topological polar surface area (TPSA) is 37.3 Å². The average Bonchev–Trinajstić information content (AvgIpc) is 2.79. The molecule has 0 radical (unpaired) electrons. The fourth-order valence-electron chi connectivity index (χ4n) is 6.07. The van der Waals surface area contributed by atoms with E-state index in [0.29, 0.717) is 23.7 Å². The summed E-state index contributed by atoms with van der Waals surface area (Å²) in [5, 5.41) is 10.9. The number of carbonyl (C=O) groups excluding carboxylic acids is 1. The van der Waals surface area contributed by atoms with Crippen LogP contribution in [0.25, 0.3) is 0 Å². The average molecular weight is 296 g/mol. The van der Waals surface area contributed by atoms with Gasteiger partial charge in [0.25, 0.3) is 0 Å². The summed E-state index contributed by atoms with van der Waals surface area (Å²) in [7, 11) is 0. The first-order chi connectivity index (χ1) is 10.5. The summed E-state index contributed by atoms with van der Waals surface area (Å²) in [6, 6.07) is 0. The van der Waals surface area contributed by atoms with Crippen molar-refractivity contribution >= 4 is 5.78 Å². The zero-order valence-electron chi connectivity index (χ0n) is 13.2. The van der Waals surface area contributed by atoms with Gasteiger partial charge in [0.1, 0.15) is 5.60 Å². The van der Waals surface area contributed by atoms with Crippen LogP contribution in [0.5, 0.6) is 0 Å². The summed E-state index contributed by atoms with van der Waals surface area (Å²) in [5.74, 6) is 5.11. The maximum atomic E-state index is 11.6. The number of carbonyl (C=O) groups is 1. The van der Waals surface area contributed by atoms with Gasteiger partial charge in [-0.3, -0.25) is 4.79 Å². The molecule has 6 unspecified atom stereocenters. The fourth-order valence-corrected chi connectivity index (χ4v) is 6.07. The van der Waals surface area contributed by atoms with E-state index in [4.69, 9.17) is 6.42 Å². The largest absolute Gasteiger partial charge is 0.377 e. The van der Waals surface area contributed by atoms with Crippen LogP contribution >= 0.6 is 0 Å². The summed E-state index contributed by atoms with van der Waals surface area (Å²) in [5.41, 5.74) is 0.290. The Labute approximate surface area is 132 Å². The van der Waals surface area contributed by atoms with Gasteiger partial charge in [0.2, 0.25) is 0 Å². The Hall–Kier alpha value is -1.33. The van der Waals surface area contributed by atoms with E-state index in [1.807, 2.05) is 6.08 Å². The van der Waals surface area contributed by atoms with E-state index in [2.05, 4.69) is 18.9 Å². The maximum absolute atomic E-state index is 11.6. The minimum Gasteiger partial charge on any atom is -0.377 e. The Balaban J connectivity index is 1.67. The molecule has 0 bridgehead atoms. The lowest BCUT2D eigenvalue weighted by atomic mass is 9.51. The highest BCUT2D eigenvalue weighted by molar-refractivity contribution is 6.00. The quantitative estimate of drug-likeness (QED) is 0.697. The van der Waals surface area contributed by atoms with Crippen LogP contribution in [0.3, 0.4) is 0 Å². The molecule has 0 aromatic rings. The molecule has 4 aliphatic rings. The molecule has 0 amide bonds. The molecule has 4 rings (SSSR count). The van der Waals surface area contributed by atoms with Crippen molar-refractivity contribution in [2.45, 2.75) is 51.0 Å². The normalized spacial score (nSPS) is 49.7. The van der Waals surface area contributed by atoms with E-state index in [9.17, 15) is 9.90 Å². The van der Waals surface area contributed by atoms with Crippen molar-refractivity contribution in [2.24, 2.45) is 29.1 Å². The molecule has 22 heavy (non-hydrogen) atoms. The monoisotopic (exact) mass is 296 g/mol. The van der Waals surface area contributed by atoms with Crippen LogP contribution in [0.15, 0.2) is 23.8 Å². The van der Waals surface area contributed by atoms with Crippen molar-refractivity contribution in [3.63, 3.8) is 0 Å². The molecule has 0 aromatic heterocycles. The van der Waals surface area contributed by atoms with Gasteiger partial charge in [-0.2, -0.15) is 0 Å². The van der Waals surface area contributed by atoms with E-state index < -0.39 is 5.60 Å². The van der Waals surface area contributed by atoms with Gasteiger partial charge >= 0.3 is 0 Å². The smallest absolute Gasteiger partial charge is 0.178 e. The van der Waals surface area contributed by atoms with Gasteiger partial charge in [-0.05, 0) is 68.4 Å². The second-order valence-corrected chi connectivity index (χ2v) is 7.98. The highest BCUT2D eigenvalue weighted by Gasteiger charge is 2.61. The molecule has 0 heterocycles. The summed E-state index contributed by atoms with van der Waals surface area (Å²) >= 11 is 0. The molecule has 4 aliphatic carbocycles. The first kappa shape index (κ1) is 14.3. The molecule has 2 heteroatoms. The van der Waals surface area contributed by atoms with Gasteiger partial charge in [-0.1, -0.05) is 24.5 Å². The predicted octanol–water partition coefficient (Wildman–Crippen LogP) is 3.27. The molecule has 0 spiro atoms. The lowest BCUT2D eigenvalue weighted by Crippen LogP contribution is -2.51. The number of hydrogen-bond donors (Lipinski definition) is 1. The Morgan fingerprint density at radius 1 is 1.27 bits per heavy atom. The summed E-state index contributed by atoms with van der Waals surface area (Å²) < 4.78 is 0. The number of hydrogen-bond acceptors (Lipinski definition) is 2. The van der Waals surface area contributed by atoms with E-state index in [1.165, 1.54) is 5.57 Å². The van der Waals surface area contributed by atoms with Gasteiger partial charge < -0.3 is 5.11 Å². The predicted molar refractivity (Wildman–Crippen MR) is 85.8 cm³/mol. The van der Waals surface area contributed by atoms with Crippen molar-refractivity contribution in [3.05, 3.63) is 23.8 Å². The van der Waals surface area contributed by atoms with Crippen LogP contribution in [0, 0.1) is 41.4 Å². The highest BCUT2D eigenvalue weighted by atomic mass is 16.3. The first-order valence-corrected chi connectivity index (χ1v) is 8.61. The zero-order chi connectivity index (χ0) is 15.5. The molecule has 2 nitrogen and oxygen atoms in total. The second kappa shape index (κ2) is 4.59. The van der Waals surface area contributed by atoms with E-state index >= 15 is 0 Å². The van der Waals surface area contributed by atoms with Crippen LogP contribution in [0.1, 0.15) is 45.4 Å². The third-order valence-electron chi connectivity index (χ3n) is 7.33. The van der Waals surface area contributed by atoms with E-state index in [0.717, 1.165) is 38.5 Å². The van der Waals surface area contributed by atoms with Crippen molar-refractivity contribution in [3.8, 4) is 12.3 Å². The molecule has 3 fully saturated rings. The van der Waals surface area contributed by atoms with Gasteiger partial charge in [-0.15, -0.1) is 6.42 Å². The number of rotatable bonds is 0. The van der Waals surface area contributed by atoms with Crippen molar-refractivity contribution < 1.29 is 9.90 Å². The number of aliphatic hydroxyl groups is 1. The Bertz CT molecular complexity index is 622. The lowest BCUT2D eigenvalue weighted by Gasteiger charge is -2.54. The Morgan fingerprint density at radius 3 is 2.86 bits per heavy atom. The molecule has 116 valence electrons. The summed E-state index contributed by atoms with van der Waals surface area (Å²) in [4.78, 5) is 11.6. The minimum absolute atomic E-state index is 0.127. The number of fused-ring (bicyclic) bond motifs is 5. The Morgan fingerprint density at radius 2 is 2.09 bits per heavy atom. The zero-order valence-corrected chi connectivity index (χ0v) is 13.2. The molecular formula is C20H24O2. The number of terminal acetylenes is 1. The summed E-state index contributed by atoms with van der Waals surface area (Å²) in [6.45, 7) is 2.21. The van der Waals surface area contributed by atoms with Gasteiger partial charge in [0.05, 0.1) is 0 Å². The number of ketones is 1. The molecule has 0 saturated heterocycles. The van der Waals surface area contributed by atoms with Gasteiger partial charge in [-0.25, -0.2) is 0 Å². The first-order valence-electron chi connectivity index (χ1n) is 8.61. The van der Waals surface area contributed by atoms with Crippen molar-refractivity contribution in [1.29, 1.82) is 0 Å². The fraction of sp³-hybridized carbons (Fsp3) is 0.650. The highest BCUT2D eigenvalue weighted by Crippen LogP contribution is 2.64. The maximum Gasteiger partial charge on any atom is 0.178 e. The van der Waals surface area contributed by atoms with Gasteiger partial charge in [0, 0.05) is 11.3 Å². The molecule has 1 N–H and O–H groups in total. The van der Waals surface area contributed by atoms with Crippen LogP contribution < -0.4 is 0 Å². The van der Waals surface area contributed by atoms with E-state index in [1.54, 1.807) is 6.08 Å². The van der Waals surface area contributed by atoms with Crippen LogP contribution in [-0.2, 0) is 4.79 Å². The molecule has 6 atom stereocenters. The molecular weight excluding hydrogens is 272 g/mol. The standard InChI is InChI=1S/C20H24O2/c1-3-20(22)11-9-18-17-6-4-13-12-14(21)5-7-15(13)16(17)8-10-19(18,20)2/h1,5,7,12,15-18,22H,4,6,8-11H2,2H3. The second-order valence-electron chi connectivity index (χ2n) is 7.98. The summed E-state index contributed by atoms with van der Waals surface area (Å²) in [6.07, 6.45) is 17.5. The van der Waals surface area contributed by atoms with Crippen molar-refractivity contribution in [2.75, 3.05) is 0 Å². The molecule has 0 aromatic carbocycles. The third kappa shape index (κ3) is 1.69. The van der Waals surface area contributed by atoms with Gasteiger partial charge in [0.15, 0.2) is 5.78 Å². The third-order valence-corrected chi connectivity index (χ3v) is 7.33. The van der Waals surface area contributed by atoms with Crippen LogP contribution in [0.4, 0.5) is 0 Å². The molecule has 3 saturated carbocycles. The van der Waals surface area contributed by atoms with Crippen LogP contribution in [0.2, 0.25) is 0 Å². The number of allylic oxidation sites excluding steroid dienone is 4. The van der Waals surface area contributed by atoms with E-state index in [-0.39, 0.29) is 11.2 Å².